The Hall–Kier alpha value is -3.45. The van der Waals surface area contributed by atoms with Crippen LogP contribution in [0.15, 0.2) is 54.9 Å². The van der Waals surface area contributed by atoms with E-state index < -0.39 is 5.97 Å². The number of nitrogens with one attached hydrogen (secondary N) is 2. The number of methoxy groups -OCH3 is 1. The molecule has 6 nitrogen and oxygen atoms in total. The van der Waals surface area contributed by atoms with Crippen molar-refractivity contribution in [3.05, 3.63) is 77.4 Å². The molecule has 4 rings (SSSR count). The van der Waals surface area contributed by atoms with Crippen LogP contribution in [0.4, 0.5) is 10.1 Å². The molecule has 1 aromatic heterocycles. The molecule has 0 saturated heterocycles. The van der Waals surface area contributed by atoms with E-state index in [0.717, 1.165) is 29.7 Å². The van der Waals surface area contributed by atoms with E-state index in [-0.39, 0.29) is 17.4 Å². The largest absolute Gasteiger partial charge is 0.496 e. The number of ether oxygens (including phenoxy) is 1. The Balaban J connectivity index is 1.60. The topological polar surface area (TPSA) is 83.5 Å². The van der Waals surface area contributed by atoms with Gasteiger partial charge >= 0.3 is 5.97 Å². The smallest absolute Gasteiger partial charge is 0.337 e. The van der Waals surface area contributed by atoms with Gasteiger partial charge in [0.2, 0.25) is 0 Å². The molecule has 0 saturated carbocycles. The van der Waals surface area contributed by atoms with Crippen LogP contribution >= 0.6 is 0 Å². The van der Waals surface area contributed by atoms with Crippen molar-refractivity contribution in [1.29, 1.82) is 0 Å². The van der Waals surface area contributed by atoms with Crippen molar-refractivity contribution in [2.45, 2.75) is 12.5 Å². The van der Waals surface area contributed by atoms with Gasteiger partial charge in [-0.15, -0.1) is 0 Å². The van der Waals surface area contributed by atoms with Crippen LogP contribution in [0.5, 0.6) is 5.75 Å². The summed E-state index contributed by atoms with van der Waals surface area (Å²) in [5.74, 6) is -0.820. The number of halogens is 1. The van der Waals surface area contributed by atoms with Crippen LogP contribution in [0.3, 0.4) is 0 Å². The first-order valence-electron chi connectivity index (χ1n) is 9.68. The van der Waals surface area contributed by atoms with E-state index in [9.17, 15) is 14.3 Å². The third kappa shape index (κ3) is 3.84. The van der Waals surface area contributed by atoms with Gasteiger partial charge in [0.05, 0.1) is 30.1 Å². The number of rotatable bonds is 6. The number of hydrogen-bond donors (Lipinski definition) is 3. The van der Waals surface area contributed by atoms with Gasteiger partial charge in [-0.05, 0) is 47.9 Å². The Morgan fingerprint density at radius 3 is 3.00 bits per heavy atom. The molecule has 7 heteroatoms. The van der Waals surface area contributed by atoms with Gasteiger partial charge in [0, 0.05) is 18.8 Å². The van der Waals surface area contributed by atoms with Gasteiger partial charge in [-0.3, -0.25) is 4.98 Å². The van der Waals surface area contributed by atoms with Crippen LogP contribution in [-0.2, 0) is 6.42 Å². The number of anilines is 1. The molecular formula is C23H22FN3O3. The second kappa shape index (κ2) is 8.51. The quantitative estimate of drug-likeness (QED) is 0.575. The second-order valence-corrected chi connectivity index (χ2v) is 7.09. The number of hydrogen-bond acceptors (Lipinski definition) is 5. The summed E-state index contributed by atoms with van der Waals surface area (Å²) in [7, 11) is 1.53. The summed E-state index contributed by atoms with van der Waals surface area (Å²) in [6.45, 7) is 1.28. The standard InChI is InChI=1S/C23H22FN3O3/c1-30-21-4-2-3-18(24)22(21)15-5-6-16-14(11-15)7-10-26-20(16)13-27-19-12-25-9-8-17(19)23(28)29/h2-6,8-9,11-12,20,26-27H,7,10,13H2,1H3,(H,28,29)/t20-/m0/s1. The van der Waals surface area contributed by atoms with Crippen LogP contribution in [0.1, 0.15) is 27.5 Å². The maximum atomic E-state index is 14.5. The van der Waals surface area contributed by atoms with E-state index in [0.29, 0.717) is 23.5 Å². The van der Waals surface area contributed by atoms with Crippen molar-refractivity contribution >= 4 is 11.7 Å². The number of carboxylic acids is 1. The maximum Gasteiger partial charge on any atom is 0.337 e. The summed E-state index contributed by atoms with van der Waals surface area (Å²) < 4.78 is 19.8. The average molecular weight is 407 g/mol. The Morgan fingerprint density at radius 1 is 1.33 bits per heavy atom. The SMILES string of the molecule is COc1cccc(F)c1-c1ccc2c(c1)CCN[C@H]2CNc1cnccc1C(=O)O. The normalized spacial score (nSPS) is 15.3. The first-order chi connectivity index (χ1) is 14.6. The zero-order valence-electron chi connectivity index (χ0n) is 16.5. The molecule has 0 bridgehead atoms. The monoisotopic (exact) mass is 407 g/mol. The molecule has 1 aliphatic heterocycles. The summed E-state index contributed by atoms with van der Waals surface area (Å²) in [5, 5.41) is 16.0. The summed E-state index contributed by atoms with van der Waals surface area (Å²) in [4.78, 5) is 15.4. The molecule has 3 N–H and O–H groups in total. The zero-order valence-corrected chi connectivity index (χ0v) is 16.5. The predicted octanol–water partition coefficient (Wildman–Crippen LogP) is 3.89. The number of nitrogens with zero attached hydrogens (tertiary/aromatic N) is 1. The van der Waals surface area contributed by atoms with E-state index >= 15 is 0 Å². The molecule has 154 valence electrons. The van der Waals surface area contributed by atoms with E-state index in [1.807, 2.05) is 18.2 Å². The molecule has 0 aliphatic carbocycles. The highest BCUT2D eigenvalue weighted by Gasteiger charge is 2.22. The summed E-state index contributed by atoms with van der Waals surface area (Å²) in [5.41, 5.74) is 4.13. The van der Waals surface area contributed by atoms with Crippen molar-refractivity contribution in [1.82, 2.24) is 10.3 Å². The molecule has 2 heterocycles. The number of fused-ring (bicyclic) bond motifs is 1. The number of carbonyl (C=O) groups is 1. The van der Waals surface area contributed by atoms with Crippen LogP contribution < -0.4 is 15.4 Å². The fourth-order valence-electron chi connectivity index (χ4n) is 3.88. The van der Waals surface area contributed by atoms with Crippen molar-refractivity contribution in [2.75, 3.05) is 25.5 Å². The number of aromatic nitrogens is 1. The fraction of sp³-hybridized carbons (Fsp3) is 0.217. The molecule has 0 amide bonds. The molecule has 0 radical (unpaired) electrons. The van der Waals surface area contributed by atoms with Crippen LogP contribution in [0, 0.1) is 5.82 Å². The Morgan fingerprint density at radius 2 is 2.20 bits per heavy atom. The van der Waals surface area contributed by atoms with E-state index in [1.54, 1.807) is 12.1 Å². The lowest BCUT2D eigenvalue weighted by molar-refractivity contribution is 0.0697. The van der Waals surface area contributed by atoms with Gasteiger partial charge in [0.15, 0.2) is 0 Å². The zero-order chi connectivity index (χ0) is 21.1. The molecule has 3 aromatic rings. The first-order valence-corrected chi connectivity index (χ1v) is 9.68. The van der Waals surface area contributed by atoms with Gasteiger partial charge in [-0.25, -0.2) is 9.18 Å². The van der Waals surface area contributed by atoms with Gasteiger partial charge < -0.3 is 20.5 Å². The van der Waals surface area contributed by atoms with Crippen molar-refractivity contribution < 1.29 is 19.0 Å². The number of benzene rings is 2. The summed E-state index contributed by atoms with van der Waals surface area (Å²) in [6.07, 6.45) is 3.80. The minimum atomic E-state index is -1.000. The molecule has 0 spiro atoms. The second-order valence-electron chi connectivity index (χ2n) is 7.09. The highest BCUT2D eigenvalue weighted by molar-refractivity contribution is 5.93. The Kier molecular flexibility index (Phi) is 5.63. The molecule has 0 fully saturated rings. The lowest BCUT2D eigenvalue weighted by Crippen LogP contribution is -2.34. The summed E-state index contributed by atoms with van der Waals surface area (Å²) in [6, 6.07) is 12.2. The first kappa shape index (κ1) is 19.8. The predicted molar refractivity (Wildman–Crippen MR) is 113 cm³/mol. The van der Waals surface area contributed by atoms with E-state index in [1.165, 1.54) is 31.6 Å². The molecule has 1 aliphatic rings. The Bertz CT molecular complexity index is 1090. The number of carboxylic acid groups (broad SMARTS) is 1. The Labute approximate surface area is 173 Å². The van der Waals surface area contributed by atoms with Crippen molar-refractivity contribution in [3.63, 3.8) is 0 Å². The van der Waals surface area contributed by atoms with Crippen LogP contribution in [0.25, 0.3) is 11.1 Å². The van der Waals surface area contributed by atoms with Crippen molar-refractivity contribution in [2.24, 2.45) is 0 Å². The van der Waals surface area contributed by atoms with Gasteiger partial charge in [0.1, 0.15) is 11.6 Å². The van der Waals surface area contributed by atoms with Crippen LogP contribution in [0.2, 0.25) is 0 Å². The third-order valence-electron chi connectivity index (χ3n) is 5.34. The average Bonchev–Trinajstić information content (AvgIpc) is 2.77. The van der Waals surface area contributed by atoms with Crippen molar-refractivity contribution in [3.8, 4) is 16.9 Å². The molecule has 30 heavy (non-hydrogen) atoms. The highest BCUT2D eigenvalue weighted by atomic mass is 19.1. The number of pyridine rings is 1. The lowest BCUT2D eigenvalue weighted by Gasteiger charge is -2.28. The van der Waals surface area contributed by atoms with Gasteiger partial charge in [-0.2, -0.15) is 0 Å². The van der Waals surface area contributed by atoms with Gasteiger partial charge in [0.25, 0.3) is 0 Å². The minimum Gasteiger partial charge on any atom is -0.496 e. The van der Waals surface area contributed by atoms with E-state index in [2.05, 4.69) is 15.6 Å². The van der Waals surface area contributed by atoms with Gasteiger partial charge in [-0.1, -0.05) is 24.3 Å². The number of aromatic carboxylic acids is 1. The third-order valence-corrected chi connectivity index (χ3v) is 5.34. The molecule has 0 unspecified atom stereocenters. The highest BCUT2D eigenvalue weighted by Crippen LogP contribution is 2.35. The fourth-order valence-corrected chi connectivity index (χ4v) is 3.88. The molecule has 2 aromatic carbocycles. The molecule has 1 atom stereocenters. The maximum absolute atomic E-state index is 14.5. The van der Waals surface area contributed by atoms with E-state index in [4.69, 9.17) is 4.74 Å². The van der Waals surface area contributed by atoms with Crippen LogP contribution in [-0.4, -0.2) is 36.3 Å². The summed E-state index contributed by atoms with van der Waals surface area (Å²) >= 11 is 0. The minimum absolute atomic E-state index is 0.00725. The lowest BCUT2D eigenvalue weighted by atomic mass is 9.90. The molecular weight excluding hydrogens is 385 g/mol.